The lowest BCUT2D eigenvalue weighted by Gasteiger charge is -2.35. The van der Waals surface area contributed by atoms with Crippen LogP contribution in [0.4, 0.5) is 13.2 Å². The van der Waals surface area contributed by atoms with E-state index in [9.17, 15) is 18.0 Å². The van der Waals surface area contributed by atoms with Crippen LogP contribution in [0.2, 0.25) is 0 Å². The Bertz CT molecular complexity index is 603. The minimum absolute atomic E-state index is 0.287. The molecule has 0 aliphatic carbocycles. The monoisotopic (exact) mass is 298 g/mol. The number of halogens is 3. The Kier molecular flexibility index (Phi) is 3.24. The van der Waals surface area contributed by atoms with Gasteiger partial charge in [0, 0.05) is 25.2 Å². The number of amides is 1. The molecule has 2 atom stereocenters. The van der Waals surface area contributed by atoms with Crippen molar-refractivity contribution in [3.63, 3.8) is 0 Å². The van der Waals surface area contributed by atoms with Crippen LogP contribution in [0.15, 0.2) is 12.1 Å². The van der Waals surface area contributed by atoms with E-state index in [0.29, 0.717) is 12.5 Å². The van der Waals surface area contributed by atoms with E-state index >= 15 is 0 Å². The standard InChI is InChI=1S/C15H17F3N2O/c1-15(2)10-6-19-5-8(10)7-20(15)14(21)9-3-4-11(16)13(18)12(9)17/h3-4,8,10,19H,5-7H2,1-2H3. The van der Waals surface area contributed by atoms with Gasteiger partial charge in [-0.05, 0) is 37.8 Å². The van der Waals surface area contributed by atoms with Gasteiger partial charge in [0.1, 0.15) is 0 Å². The topological polar surface area (TPSA) is 32.3 Å². The van der Waals surface area contributed by atoms with E-state index < -0.39 is 34.5 Å². The minimum atomic E-state index is -1.60. The van der Waals surface area contributed by atoms with Crippen LogP contribution in [-0.2, 0) is 0 Å². The van der Waals surface area contributed by atoms with Crippen molar-refractivity contribution >= 4 is 5.91 Å². The van der Waals surface area contributed by atoms with Crippen LogP contribution in [0.3, 0.4) is 0 Å². The first kappa shape index (κ1) is 14.4. The van der Waals surface area contributed by atoms with Gasteiger partial charge in [0.2, 0.25) is 0 Å². The molecule has 0 aromatic heterocycles. The predicted octanol–water partition coefficient (Wildman–Crippen LogP) is 2.17. The first-order valence-corrected chi connectivity index (χ1v) is 7.00. The minimum Gasteiger partial charge on any atom is -0.333 e. The first-order valence-electron chi connectivity index (χ1n) is 7.00. The van der Waals surface area contributed by atoms with Crippen molar-refractivity contribution in [2.75, 3.05) is 19.6 Å². The molecule has 2 fully saturated rings. The third-order valence-electron chi connectivity index (χ3n) is 4.87. The highest BCUT2D eigenvalue weighted by Gasteiger charge is 2.51. The van der Waals surface area contributed by atoms with E-state index in [1.165, 1.54) is 0 Å². The van der Waals surface area contributed by atoms with Gasteiger partial charge in [-0.3, -0.25) is 4.79 Å². The van der Waals surface area contributed by atoms with E-state index in [0.717, 1.165) is 25.2 Å². The molecular formula is C15H17F3N2O. The van der Waals surface area contributed by atoms with Crippen molar-refractivity contribution < 1.29 is 18.0 Å². The second kappa shape index (κ2) is 4.73. The molecule has 6 heteroatoms. The summed E-state index contributed by atoms with van der Waals surface area (Å²) in [5.41, 5.74) is -0.849. The molecule has 2 aliphatic heterocycles. The van der Waals surface area contributed by atoms with Crippen LogP contribution in [-0.4, -0.2) is 36.0 Å². The molecule has 3 rings (SSSR count). The van der Waals surface area contributed by atoms with Crippen molar-refractivity contribution in [2.45, 2.75) is 19.4 Å². The Hall–Kier alpha value is -1.56. The maximum atomic E-state index is 13.8. The van der Waals surface area contributed by atoms with Gasteiger partial charge in [-0.25, -0.2) is 13.2 Å². The second-order valence-electron chi connectivity index (χ2n) is 6.32. The van der Waals surface area contributed by atoms with Crippen LogP contribution in [0.5, 0.6) is 0 Å². The van der Waals surface area contributed by atoms with Gasteiger partial charge in [0.15, 0.2) is 17.5 Å². The second-order valence-corrected chi connectivity index (χ2v) is 6.32. The first-order chi connectivity index (χ1) is 9.84. The fourth-order valence-corrected chi connectivity index (χ4v) is 3.60. The van der Waals surface area contributed by atoms with Crippen molar-refractivity contribution in [2.24, 2.45) is 11.8 Å². The van der Waals surface area contributed by atoms with Crippen LogP contribution in [0.1, 0.15) is 24.2 Å². The van der Waals surface area contributed by atoms with Gasteiger partial charge in [-0.1, -0.05) is 0 Å². The van der Waals surface area contributed by atoms with Crippen LogP contribution < -0.4 is 5.32 Å². The highest BCUT2D eigenvalue weighted by molar-refractivity contribution is 5.95. The third kappa shape index (κ3) is 2.04. The summed E-state index contributed by atoms with van der Waals surface area (Å²) in [5.74, 6) is -4.27. The lowest BCUT2D eigenvalue weighted by Crippen LogP contribution is -2.47. The zero-order valence-electron chi connectivity index (χ0n) is 11.9. The summed E-state index contributed by atoms with van der Waals surface area (Å²) in [6.07, 6.45) is 0. The Balaban J connectivity index is 1.95. The summed E-state index contributed by atoms with van der Waals surface area (Å²) in [6.45, 7) is 5.99. The normalized spacial score (nSPS) is 27.0. The molecule has 0 bridgehead atoms. The molecule has 1 aromatic rings. The lowest BCUT2D eigenvalue weighted by molar-refractivity contribution is 0.0597. The van der Waals surface area contributed by atoms with Gasteiger partial charge < -0.3 is 10.2 Å². The number of nitrogens with one attached hydrogen (secondary N) is 1. The number of rotatable bonds is 1. The molecule has 21 heavy (non-hydrogen) atoms. The Morgan fingerprint density at radius 1 is 1.24 bits per heavy atom. The molecule has 2 saturated heterocycles. The number of nitrogens with zero attached hydrogens (tertiary/aromatic N) is 1. The molecule has 114 valence electrons. The van der Waals surface area contributed by atoms with Crippen molar-refractivity contribution in [1.29, 1.82) is 0 Å². The van der Waals surface area contributed by atoms with Crippen molar-refractivity contribution in [3.8, 4) is 0 Å². The fraction of sp³-hybridized carbons (Fsp3) is 0.533. The van der Waals surface area contributed by atoms with Gasteiger partial charge in [0.05, 0.1) is 5.56 Å². The van der Waals surface area contributed by atoms with Crippen LogP contribution >= 0.6 is 0 Å². The van der Waals surface area contributed by atoms with E-state index in [1.807, 2.05) is 13.8 Å². The van der Waals surface area contributed by atoms with Gasteiger partial charge >= 0.3 is 0 Å². The summed E-state index contributed by atoms with van der Waals surface area (Å²) < 4.78 is 40.2. The molecule has 2 unspecified atom stereocenters. The molecule has 0 spiro atoms. The average Bonchev–Trinajstić information content (AvgIpc) is 2.98. The van der Waals surface area contributed by atoms with Crippen LogP contribution in [0.25, 0.3) is 0 Å². The van der Waals surface area contributed by atoms with E-state index in [-0.39, 0.29) is 5.92 Å². The van der Waals surface area contributed by atoms with Crippen molar-refractivity contribution in [1.82, 2.24) is 10.2 Å². The number of fused-ring (bicyclic) bond motifs is 1. The number of carbonyl (C=O) groups excluding carboxylic acids is 1. The fourth-order valence-electron chi connectivity index (χ4n) is 3.60. The largest absolute Gasteiger partial charge is 0.333 e. The molecular weight excluding hydrogens is 281 g/mol. The molecule has 2 heterocycles. The summed E-state index contributed by atoms with van der Waals surface area (Å²) in [7, 11) is 0. The number of carbonyl (C=O) groups is 1. The van der Waals surface area contributed by atoms with Gasteiger partial charge in [-0.2, -0.15) is 0 Å². The number of hydrogen-bond donors (Lipinski definition) is 1. The molecule has 2 aliphatic rings. The molecule has 1 amide bonds. The smallest absolute Gasteiger partial charge is 0.257 e. The Morgan fingerprint density at radius 2 is 1.95 bits per heavy atom. The summed E-state index contributed by atoms with van der Waals surface area (Å²) in [4.78, 5) is 14.1. The number of likely N-dealkylation sites (tertiary alicyclic amines) is 1. The summed E-state index contributed by atoms with van der Waals surface area (Å²) >= 11 is 0. The SMILES string of the molecule is CC1(C)C2CNCC2CN1C(=O)c1ccc(F)c(F)c1F. The van der Waals surface area contributed by atoms with Gasteiger partial charge in [0.25, 0.3) is 5.91 Å². The highest BCUT2D eigenvalue weighted by Crippen LogP contribution is 2.41. The highest BCUT2D eigenvalue weighted by atomic mass is 19.2. The third-order valence-corrected chi connectivity index (χ3v) is 4.87. The van der Waals surface area contributed by atoms with E-state index in [1.54, 1.807) is 4.90 Å². The quantitative estimate of drug-likeness (QED) is 0.806. The summed E-state index contributed by atoms with van der Waals surface area (Å²) in [6, 6.07) is 1.80. The van der Waals surface area contributed by atoms with Crippen LogP contribution in [0, 0.1) is 29.3 Å². The maximum Gasteiger partial charge on any atom is 0.257 e. The Labute approximate surface area is 121 Å². The molecule has 3 nitrogen and oxygen atoms in total. The summed E-state index contributed by atoms with van der Waals surface area (Å²) in [5, 5.41) is 3.29. The lowest BCUT2D eigenvalue weighted by atomic mass is 9.84. The molecule has 0 radical (unpaired) electrons. The Morgan fingerprint density at radius 3 is 2.62 bits per heavy atom. The molecule has 1 N–H and O–H groups in total. The van der Waals surface area contributed by atoms with Crippen molar-refractivity contribution in [3.05, 3.63) is 35.1 Å². The predicted molar refractivity (Wildman–Crippen MR) is 71.3 cm³/mol. The van der Waals surface area contributed by atoms with E-state index in [4.69, 9.17) is 0 Å². The average molecular weight is 298 g/mol. The maximum absolute atomic E-state index is 13.8. The molecule has 0 saturated carbocycles. The zero-order valence-corrected chi connectivity index (χ0v) is 11.9. The molecule has 1 aromatic carbocycles. The van der Waals surface area contributed by atoms with E-state index in [2.05, 4.69) is 5.32 Å². The number of benzene rings is 1. The number of hydrogen-bond acceptors (Lipinski definition) is 2. The van der Waals surface area contributed by atoms with Gasteiger partial charge in [-0.15, -0.1) is 0 Å². The zero-order chi connectivity index (χ0) is 15.4.